The Morgan fingerprint density at radius 1 is 1.45 bits per heavy atom. The number of hydrogen-bond donors (Lipinski definition) is 3. The number of rotatable bonds is 4. The third-order valence-corrected chi connectivity index (χ3v) is 2.01. The van der Waals surface area contributed by atoms with Crippen LogP contribution in [0.5, 0.6) is 0 Å². The Hall–Kier alpha value is -0.210. The summed E-state index contributed by atoms with van der Waals surface area (Å²) in [5, 5.41) is 16.6. The van der Waals surface area contributed by atoms with Gasteiger partial charge >= 0.3 is 0 Å². The molecule has 68 valence electrons. The summed E-state index contributed by atoms with van der Waals surface area (Å²) in [6.45, 7) is 1.56. The molecular formula is C4H11NO5S. The zero-order chi connectivity index (χ0) is 9.07. The number of hydrogen-bond acceptors (Lipinski definition) is 5. The van der Waals surface area contributed by atoms with Crippen LogP contribution in [0.25, 0.3) is 0 Å². The Morgan fingerprint density at radius 2 is 1.91 bits per heavy atom. The van der Waals surface area contributed by atoms with Crippen molar-refractivity contribution in [2.24, 2.45) is 0 Å². The fraction of sp³-hybridized carbons (Fsp3) is 1.00. The van der Waals surface area contributed by atoms with Crippen LogP contribution in [0, 0.1) is 0 Å². The summed E-state index contributed by atoms with van der Waals surface area (Å²) in [4.78, 5) is 0. The summed E-state index contributed by atoms with van der Waals surface area (Å²) in [7, 11) is -4.14. The van der Waals surface area contributed by atoms with Crippen LogP contribution >= 0.6 is 0 Å². The van der Waals surface area contributed by atoms with Gasteiger partial charge in [0.25, 0.3) is 10.1 Å². The van der Waals surface area contributed by atoms with Crippen LogP contribution in [0.4, 0.5) is 0 Å². The first-order chi connectivity index (χ1) is 4.87. The van der Waals surface area contributed by atoms with Crippen LogP contribution in [0.1, 0.15) is 13.3 Å². The first-order valence-corrected chi connectivity index (χ1v) is 4.60. The van der Waals surface area contributed by atoms with Crippen molar-refractivity contribution in [2.75, 3.05) is 5.75 Å². The highest BCUT2D eigenvalue weighted by Gasteiger charge is 2.19. The maximum absolute atomic E-state index is 10.2. The van der Waals surface area contributed by atoms with Crippen LogP contribution < -0.4 is 0 Å². The average Bonchev–Trinajstić information content (AvgIpc) is 1.80. The molecule has 3 N–H and O–H groups in total. The molecule has 1 atom stereocenters. The summed E-state index contributed by atoms with van der Waals surface area (Å²) >= 11 is 0. The third-order valence-electron chi connectivity index (χ3n) is 1.20. The van der Waals surface area contributed by atoms with Gasteiger partial charge in [0.05, 0.1) is 11.8 Å². The summed E-state index contributed by atoms with van der Waals surface area (Å²) in [6, 6.07) is -0.981. The molecule has 0 bridgehead atoms. The van der Waals surface area contributed by atoms with E-state index in [9.17, 15) is 8.42 Å². The van der Waals surface area contributed by atoms with Crippen LogP contribution in [-0.4, -0.2) is 40.4 Å². The van der Waals surface area contributed by atoms with Gasteiger partial charge in [-0.2, -0.15) is 8.42 Å². The first kappa shape index (κ1) is 10.8. The van der Waals surface area contributed by atoms with Crippen LogP contribution in [0.15, 0.2) is 0 Å². The second-order valence-electron chi connectivity index (χ2n) is 2.13. The Kier molecular flexibility index (Phi) is 3.90. The second kappa shape index (κ2) is 3.98. The molecule has 0 aliphatic carbocycles. The van der Waals surface area contributed by atoms with Gasteiger partial charge in [0, 0.05) is 0 Å². The molecule has 0 rings (SSSR count). The topological polar surface area (TPSA) is 98.1 Å². The molecule has 0 aromatic rings. The molecule has 7 heteroatoms. The molecule has 6 nitrogen and oxygen atoms in total. The van der Waals surface area contributed by atoms with Gasteiger partial charge < -0.3 is 0 Å². The monoisotopic (exact) mass is 185 g/mol. The van der Waals surface area contributed by atoms with Gasteiger partial charge in [-0.3, -0.25) is 15.0 Å². The summed E-state index contributed by atoms with van der Waals surface area (Å²) < 4.78 is 28.7. The lowest BCUT2D eigenvalue weighted by molar-refractivity contribution is -0.328. The van der Waals surface area contributed by atoms with Gasteiger partial charge in [0.15, 0.2) is 0 Å². The van der Waals surface area contributed by atoms with E-state index in [1.54, 1.807) is 6.92 Å². The van der Waals surface area contributed by atoms with Crippen LogP contribution in [-0.2, 0) is 10.1 Å². The highest BCUT2D eigenvalue weighted by Crippen LogP contribution is 2.01. The lowest BCUT2D eigenvalue weighted by Crippen LogP contribution is -2.34. The molecule has 0 heterocycles. The van der Waals surface area contributed by atoms with E-state index in [0.29, 0.717) is 0 Å². The minimum atomic E-state index is -4.14. The zero-order valence-electron chi connectivity index (χ0n) is 6.01. The highest BCUT2D eigenvalue weighted by atomic mass is 32.2. The predicted molar refractivity (Wildman–Crippen MR) is 35.9 cm³/mol. The van der Waals surface area contributed by atoms with E-state index in [0.717, 1.165) is 0 Å². The Bertz CT molecular complexity index is 199. The van der Waals surface area contributed by atoms with Crippen molar-refractivity contribution in [3.05, 3.63) is 0 Å². The predicted octanol–water partition coefficient (Wildman–Crippen LogP) is -0.267. The van der Waals surface area contributed by atoms with E-state index in [1.165, 1.54) is 0 Å². The SMILES string of the molecule is CCC(CS(=O)(=O)O)N(O)O. The summed E-state index contributed by atoms with van der Waals surface area (Å²) in [5.74, 6) is -0.684. The maximum Gasteiger partial charge on any atom is 0.266 e. The fourth-order valence-corrected chi connectivity index (χ4v) is 1.45. The summed E-state index contributed by atoms with van der Waals surface area (Å²) in [5.41, 5.74) is 0. The minimum absolute atomic E-state index is 0.215. The first-order valence-electron chi connectivity index (χ1n) is 2.99. The van der Waals surface area contributed by atoms with Crippen molar-refractivity contribution < 1.29 is 23.4 Å². The second-order valence-corrected chi connectivity index (χ2v) is 3.63. The summed E-state index contributed by atoms with van der Waals surface area (Å²) in [6.07, 6.45) is 0.215. The molecule has 0 fully saturated rings. The Morgan fingerprint density at radius 3 is 2.00 bits per heavy atom. The molecule has 0 saturated carbocycles. The van der Waals surface area contributed by atoms with E-state index in [2.05, 4.69) is 0 Å². The van der Waals surface area contributed by atoms with Gasteiger partial charge in [0.1, 0.15) is 0 Å². The third kappa shape index (κ3) is 5.10. The molecule has 0 aliphatic rings. The van der Waals surface area contributed by atoms with Crippen molar-refractivity contribution in [3.8, 4) is 0 Å². The quantitative estimate of drug-likeness (QED) is 0.412. The van der Waals surface area contributed by atoms with E-state index >= 15 is 0 Å². The molecule has 1 unspecified atom stereocenters. The molecule has 0 spiro atoms. The van der Waals surface area contributed by atoms with Gasteiger partial charge in [-0.25, -0.2) is 0 Å². The lowest BCUT2D eigenvalue weighted by Gasteiger charge is -2.16. The maximum atomic E-state index is 10.2. The normalized spacial score (nSPS) is 15.4. The van der Waals surface area contributed by atoms with E-state index in [-0.39, 0.29) is 11.6 Å². The Balaban J connectivity index is 4.10. The number of nitrogens with zero attached hydrogens (tertiary/aromatic N) is 1. The molecule has 0 amide bonds. The van der Waals surface area contributed by atoms with Crippen molar-refractivity contribution in [1.82, 2.24) is 5.23 Å². The van der Waals surface area contributed by atoms with Gasteiger partial charge in [-0.05, 0) is 6.42 Å². The van der Waals surface area contributed by atoms with Crippen molar-refractivity contribution >= 4 is 10.1 Å². The van der Waals surface area contributed by atoms with Gasteiger partial charge in [-0.1, -0.05) is 12.2 Å². The molecule has 0 aliphatic heterocycles. The molecular weight excluding hydrogens is 174 g/mol. The van der Waals surface area contributed by atoms with Gasteiger partial charge in [0.2, 0.25) is 0 Å². The molecule has 0 saturated heterocycles. The van der Waals surface area contributed by atoms with Crippen molar-refractivity contribution in [3.63, 3.8) is 0 Å². The van der Waals surface area contributed by atoms with Crippen molar-refractivity contribution in [2.45, 2.75) is 19.4 Å². The molecule has 0 radical (unpaired) electrons. The number of hydroxylamine groups is 2. The van der Waals surface area contributed by atoms with E-state index in [4.69, 9.17) is 15.0 Å². The molecule has 11 heavy (non-hydrogen) atoms. The van der Waals surface area contributed by atoms with E-state index in [1.807, 2.05) is 0 Å². The Labute approximate surface area is 64.7 Å². The largest absolute Gasteiger partial charge is 0.289 e. The lowest BCUT2D eigenvalue weighted by atomic mass is 10.3. The van der Waals surface area contributed by atoms with Gasteiger partial charge in [-0.15, -0.1) is 0 Å². The smallest absolute Gasteiger partial charge is 0.266 e. The highest BCUT2D eigenvalue weighted by molar-refractivity contribution is 7.85. The standard InChI is InChI=1S/C4H11NO5S/c1-2-4(5(6)7)3-11(8,9)10/h4,6-7H,2-3H2,1H3,(H,8,9,10). The molecule has 0 aromatic carbocycles. The average molecular weight is 185 g/mol. The van der Waals surface area contributed by atoms with Crippen LogP contribution in [0.2, 0.25) is 0 Å². The fourth-order valence-electron chi connectivity index (χ4n) is 0.591. The zero-order valence-corrected chi connectivity index (χ0v) is 6.82. The van der Waals surface area contributed by atoms with E-state index < -0.39 is 21.9 Å². The molecule has 0 aromatic heterocycles. The van der Waals surface area contributed by atoms with Crippen molar-refractivity contribution in [1.29, 1.82) is 0 Å². The minimum Gasteiger partial charge on any atom is -0.289 e. The van der Waals surface area contributed by atoms with Crippen LogP contribution in [0.3, 0.4) is 0 Å².